The van der Waals surface area contributed by atoms with Crippen LogP contribution in [-0.2, 0) is 0 Å². The Bertz CT molecular complexity index is 325. The zero-order chi connectivity index (χ0) is 10.7. The Kier molecular flexibility index (Phi) is 3.61. The molecule has 1 aromatic rings. The molecule has 3 N–H and O–H groups in total. The molecule has 3 heteroatoms. The minimum atomic E-state index is -0.209. The van der Waals surface area contributed by atoms with Crippen LogP contribution in [0, 0.1) is 19.7 Å². The van der Waals surface area contributed by atoms with Crippen molar-refractivity contribution in [2.24, 2.45) is 5.73 Å². The van der Waals surface area contributed by atoms with Gasteiger partial charge in [0.05, 0.1) is 0 Å². The van der Waals surface area contributed by atoms with Gasteiger partial charge in [-0.3, -0.25) is 0 Å². The highest BCUT2D eigenvalue weighted by Gasteiger charge is 2.10. The molecule has 0 saturated heterocycles. The molecule has 1 unspecified atom stereocenters. The van der Waals surface area contributed by atoms with Crippen LogP contribution < -0.4 is 5.73 Å². The van der Waals surface area contributed by atoms with Crippen LogP contribution in [0.25, 0.3) is 0 Å². The summed E-state index contributed by atoms with van der Waals surface area (Å²) in [6.45, 7) is 3.59. The zero-order valence-electron chi connectivity index (χ0n) is 8.55. The number of aliphatic hydroxyl groups excluding tert-OH is 1. The summed E-state index contributed by atoms with van der Waals surface area (Å²) < 4.78 is 13.1. The largest absolute Gasteiger partial charge is 0.396 e. The van der Waals surface area contributed by atoms with E-state index in [4.69, 9.17) is 10.8 Å². The predicted octanol–water partition coefficient (Wildman–Crippen LogP) is 1.82. The Balaban J connectivity index is 3.02. The van der Waals surface area contributed by atoms with Gasteiger partial charge < -0.3 is 10.8 Å². The lowest BCUT2D eigenvalue weighted by molar-refractivity contribution is 0.276. The Labute approximate surface area is 83.6 Å². The number of benzene rings is 1. The molecule has 0 bridgehead atoms. The monoisotopic (exact) mass is 197 g/mol. The van der Waals surface area contributed by atoms with E-state index in [9.17, 15) is 4.39 Å². The first kappa shape index (κ1) is 11.1. The molecule has 0 aliphatic carbocycles. The normalized spacial score (nSPS) is 12.9. The standard InChI is InChI=1S/C11H16FNO/c1-7-6-10(12)8(2)5-9(7)11(13)3-4-14/h5-6,11,14H,3-4,13H2,1-2H3. The van der Waals surface area contributed by atoms with Gasteiger partial charge in [0.25, 0.3) is 0 Å². The van der Waals surface area contributed by atoms with Crippen LogP contribution in [-0.4, -0.2) is 11.7 Å². The Hall–Kier alpha value is -0.930. The van der Waals surface area contributed by atoms with Crippen molar-refractivity contribution in [2.45, 2.75) is 26.3 Å². The summed E-state index contributed by atoms with van der Waals surface area (Å²) in [5, 5.41) is 8.76. The average Bonchev–Trinajstić information content (AvgIpc) is 2.11. The molecule has 0 fully saturated rings. The van der Waals surface area contributed by atoms with Crippen molar-refractivity contribution in [1.29, 1.82) is 0 Å². The molecule has 0 aromatic heterocycles. The van der Waals surface area contributed by atoms with Crippen LogP contribution in [0.3, 0.4) is 0 Å². The van der Waals surface area contributed by atoms with Crippen LogP contribution in [0.4, 0.5) is 4.39 Å². The Morgan fingerprint density at radius 3 is 2.57 bits per heavy atom. The first-order valence-corrected chi connectivity index (χ1v) is 4.69. The van der Waals surface area contributed by atoms with Gasteiger partial charge in [-0.25, -0.2) is 4.39 Å². The number of hydrogen-bond acceptors (Lipinski definition) is 2. The lowest BCUT2D eigenvalue weighted by Crippen LogP contribution is -2.13. The highest BCUT2D eigenvalue weighted by Crippen LogP contribution is 2.21. The van der Waals surface area contributed by atoms with Crippen LogP contribution in [0.15, 0.2) is 12.1 Å². The molecule has 0 spiro atoms. The molecular weight excluding hydrogens is 181 g/mol. The van der Waals surface area contributed by atoms with E-state index >= 15 is 0 Å². The zero-order valence-corrected chi connectivity index (χ0v) is 8.55. The number of hydrogen-bond donors (Lipinski definition) is 2. The number of nitrogens with two attached hydrogens (primary N) is 1. The molecule has 0 heterocycles. The Morgan fingerprint density at radius 1 is 1.36 bits per heavy atom. The van der Waals surface area contributed by atoms with E-state index in [1.807, 2.05) is 6.92 Å². The Morgan fingerprint density at radius 2 is 2.00 bits per heavy atom. The number of halogens is 1. The quantitative estimate of drug-likeness (QED) is 0.776. The maximum atomic E-state index is 13.1. The number of aryl methyl sites for hydroxylation is 2. The van der Waals surface area contributed by atoms with Gasteiger partial charge in [-0.2, -0.15) is 0 Å². The highest BCUT2D eigenvalue weighted by molar-refractivity contribution is 5.33. The van der Waals surface area contributed by atoms with E-state index in [0.29, 0.717) is 12.0 Å². The molecule has 1 aromatic carbocycles. The van der Waals surface area contributed by atoms with Gasteiger partial charge in [-0.15, -0.1) is 0 Å². The molecule has 2 nitrogen and oxygen atoms in total. The van der Waals surface area contributed by atoms with Crippen LogP contribution in [0.5, 0.6) is 0 Å². The molecule has 1 rings (SSSR count). The second-order valence-corrected chi connectivity index (χ2v) is 3.58. The molecule has 14 heavy (non-hydrogen) atoms. The van der Waals surface area contributed by atoms with Gasteiger partial charge in [-0.1, -0.05) is 6.07 Å². The first-order valence-electron chi connectivity index (χ1n) is 4.69. The second kappa shape index (κ2) is 4.53. The first-order chi connectivity index (χ1) is 6.56. The summed E-state index contributed by atoms with van der Waals surface area (Å²) in [6.07, 6.45) is 0.506. The summed E-state index contributed by atoms with van der Waals surface area (Å²) in [5.41, 5.74) is 8.20. The van der Waals surface area contributed by atoms with E-state index in [2.05, 4.69) is 0 Å². The second-order valence-electron chi connectivity index (χ2n) is 3.58. The van der Waals surface area contributed by atoms with Crippen LogP contribution in [0.1, 0.15) is 29.2 Å². The van der Waals surface area contributed by atoms with E-state index in [0.717, 1.165) is 11.1 Å². The van der Waals surface area contributed by atoms with Crippen molar-refractivity contribution >= 4 is 0 Å². The molecule has 0 radical (unpaired) electrons. The fraction of sp³-hybridized carbons (Fsp3) is 0.455. The van der Waals surface area contributed by atoms with E-state index in [1.165, 1.54) is 6.07 Å². The number of rotatable bonds is 3. The maximum absolute atomic E-state index is 13.1. The van der Waals surface area contributed by atoms with Crippen LogP contribution >= 0.6 is 0 Å². The van der Waals surface area contributed by atoms with Gasteiger partial charge in [0.1, 0.15) is 5.82 Å². The van der Waals surface area contributed by atoms with E-state index < -0.39 is 0 Å². The fourth-order valence-corrected chi connectivity index (χ4v) is 1.50. The third-order valence-electron chi connectivity index (χ3n) is 2.39. The molecule has 0 aliphatic rings. The van der Waals surface area contributed by atoms with Crippen molar-refractivity contribution in [3.63, 3.8) is 0 Å². The summed E-state index contributed by atoms with van der Waals surface area (Å²) in [4.78, 5) is 0. The van der Waals surface area contributed by atoms with Gasteiger partial charge in [0, 0.05) is 12.6 Å². The van der Waals surface area contributed by atoms with Crippen LogP contribution in [0.2, 0.25) is 0 Å². The minimum absolute atomic E-state index is 0.0526. The molecule has 0 amide bonds. The SMILES string of the molecule is Cc1cc(C(N)CCO)c(C)cc1F. The van der Waals surface area contributed by atoms with Crippen molar-refractivity contribution < 1.29 is 9.50 Å². The van der Waals surface area contributed by atoms with Crippen molar-refractivity contribution in [3.8, 4) is 0 Å². The molecule has 78 valence electrons. The molecule has 1 atom stereocenters. The summed E-state index contributed by atoms with van der Waals surface area (Å²) in [7, 11) is 0. The third-order valence-corrected chi connectivity index (χ3v) is 2.39. The molecule has 0 aliphatic heterocycles. The molecule has 0 saturated carbocycles. The smallest absolute Gasteiger partial charge is 0.126 e. The third kappa shape index (κ3) is 2.30. The number of aliphatic hydroxyl groups is 1. The van der Waals surface area contributed by atoms with Crippen molar-refractivity contribution in [3.05, 3.63) is 34.6 Å². The van der Waals surface area contributed by atoms with Crippen molar-refractivity contribution in [1.82, 2.24) is 0 Å². The van der Waals surface area contributed by atoms with Gasteiger partial charge >= 0.3 is 0 Å². The summed E-state index contributed by atoms with van der Waals surface area (Å²) in [5.74, 6) is -0.206. The van der Waals surface area contributed by atoms with Gasteiger partial charge in [0.15, 0.2) is 0 Å². The van der Waals surface area contributed by atoms with E-state index in [1.54, 1.807) is 13.0 Å². The lowest BCUT2D eigenvalue weighted by atomic mass is 9.97. The highest BCUT2D eigenvalue weighted by atomic mass is 19.1. The summed E-state index contributed by atoms with van der Waals surface area (Å²) in [6, 6.07) is 3.03. The topological polar surface area (TPSA) is 46.2 Å². The minimum Gasteiger partial charge on any atom is -0.396 e. The maximum Gasteiger partial charge on any atom is 0.126 e. The fourth-order valence-electron chi connectivity index (χ4n) is 1.50. The predicted molar refractivity (Wildman–Crippen MR) is 54.5 cm³/mol. The average molecular weight is 197 g/mol. The molecular formula is C11H16FNO. The lowest BCUT2D eigenvalue weighted by Gasteiger charge is -2.14. The van der Waals surface area contributed by atoms with Gasteiger partial charge in [-0.05, 0) is 43.0 Å². The summed E-state index contributed by atoms with van der Waals surface area (Å²) >= 11 is 0. The van der Waals surface area contributed by atoms with Gasteiger partial charge in [0.2, 0.25) is 0 Å². The van der Waals surface area contributed by atoms with Crippen molar-refractivity contribution in [2.75, 3.05) is 6.61 Å². The van der Waals surface area contributed by atoms with E-state index in [-0.39, 0.29) is 18.5 Å².